The summed E-state index contributed by atoms with van der Waals surface area (Å²) in [5.41, 5.74) is 15.1. The monoisotopic (exact) mass is 532 g/mol. The predicted molar refractivity (Wildman–Crippen MR) is 175 cm³/mol. The van der Waals surface area contributed by atoms with Crippen LogP contribution in [0.5, 0.6) is 0 Å². The fourth-order valence-corrected chi connectivity index (χ4v) is 8.26. The van der Waals surface area contributed by atoms with Gasteiger partial charge < -0.3 is 0 Å². The molecule has 0 spiro atoms. The zero-order valence-corrected chi connectivity index (χ0v) is 22.9. The van der Waals surface area contributed by atoms with Crippen LogP contribution < -0.4 is 5.43 Å². The first-order valence-corrected chi connectivity index (χ1v) is 14.8. The standard InChI is InChI=1S/C41H24O/c42-41-39-31-21-25-15-7-9-17-27(25)35(31)33(23-11-3-1-4-12-23)29-19-20-30-34(24-13-5-2-6-14-24)36-28-18-10-8-16-26(28)22-32(36)40(41)38(30)37(29)39/h1-20H,21-22H2. The first kappa shape index (κ1) is 22.4. The van der Waals surface area contributed by atoms with Gasteiger partial charge in [-0.15, -0.1) is 0 Å². The Morgan fingerprint density at radius 1 is 0.381 bits per heavy atom. The van der Waals surface area contributed by atoms with Gasteiger partial charge in [-0.05, 0) is 90.4 Å². The molecule has 0 unspecified atom stereocenters. The van der Waals surface area contributed by atoms with E-state index in [0.29, 0.717) is 0 Å². The Kier molecular flexibility index (Phi) is 4.23. The molecule has 1 nitrogen and oxygen atoms in total. The van der Waals surface area contributed by atoms with Crippen molar-refractivity contribution in [2.45, 2.75) is 12.8 Å². The van der Waals surface area contributed by atoms with E-state index in [2.05, 4.69) is 121 Å². The molecule has 0 fully saturated rings. The molecule has 10 rings (SSSR count). The molecule has 42 heavy (non-hydrogen) atoms. The average molecular weight is 533 g/mol. The molecule has 8 aromatic carbocycles. The van der Waals surface area contributed by atoms with Crippen molar-refractivity contribution in [1.82, 2.24) is 0 Å². The maximum Gasteiger partial charge on any atom is 0.194 e. The van der Waals surface area contributed by atoms with Gasteiger partial charge in [-0.25, -0.2) is 0 Å². The largest absolute Gasteiger partial charge is 0.289 e. The van der Waals surface area contributed by atoms with E-state index in [0.717, 1.165) is 34.4 Å². The normalized spacial score (nSPS) is 13.1. The fourth-order valence-electron chi connectivity index (χ4n) is 8.26. The van der Waals surface area contributed by atoms with Gasteiger partial charge in [-0.1, -0.05) is 121 Å². The molecular formula is C41H24O. The minimum atomic E-state index is 0.207. The number of rotatable bonds is 2. The number of benzene rings is 7. The molecule has 0 bridgehead atoms. The van der Waals surface area contributed by atoms with E-state index in [9.17, 15) is 4.79 Å². The Bertz CT molecular complexity index is 2280. The molecule has 0 saturated heterocycles. The minimum Gasteiger partial charge on any atom is -0.289 e. The van der Waals surface area contributed by atoms with E-state index in [-0.39, 0.29) is 5.43 Å². The van der Waals surface area contributed by atoms with Gasteiger partial charge >= 0.3 is 0 Å². The van der Waals surface area contributed by atoms with Gasteiger partial charge in [0.1, 0.15) is 0 Å². The van der Waals surface area contributed by atoms with Gasteiger partial charge in [0.15, 0.2) is 5.43 Å². The quantitative estimate of drug-likeness (QED) is 0.203. The highest BCUT2D eigenvalue weighted by Gasteiger charge is 2.34. The van der Waals surface area contributed by atoms with Crippen molar-refractivity contribution in [3.8, 4) is 44.5 Å². The topological polar surface area (TPSA) is 17.1 Å². The van der Waals surface area contributed by atoms with Crippen LogP contribution in [0.3, 0.4) is 0 Å². The molecule has 0 amide bonds. The van der Waals surface area contributed by atoms with E-state index in [1.54, 1.807) is 0 Å². The molecular weight excluding hydrogens is 508 g/mol. The summed E-state index contributed by atoms with van der Waals surface area (Å²) >= 11 is 0. The summed E-state index contributed by atoms with van der Waals surface area (Å²) in [5.74, 6) is 0. The molecule has 8 aromatic rings. The van der Waals surface area contributed by atoms with Crippen molar-refractivity contribution in [1.29, 1.82) is 0 Å². The van der Waals surface area contributed by atoms with E-state index in [1.807, 2.05) is 0 Å². The first-order chi connectivity index (χ1) is 20.8. The number of hydrogen-bond donors (Lipinski definition) is 0. The second kappa shape index (κ2) is 7.93. The Morgan fingerprint density at radius 2 is 0.786 bits per heavy atom. The lowest BCUT2D eigenvalue weighted by molar-refractivity contribution is 1.28. The van der Waals surface area contributed by atoms with E-state index in [4.69, 9.17) is 0 Å². The Hall–Kier alpha value is -5.27. The van der Waals surface area contributed by atoms with Crippen LogP contribution in [0.4, 0.5) is 0 Å². The lowest BCUT2D eigenvalue weighted by Gasteiger charge is -2.18. The van der Waals surface area contributed by atoms with Crippen molar-refractivity contribution in [2.75, 3.05) is 0 Å². The van der Waals surface area contributed by atoms with Gasteiger partial charge in [0, 0.05) is 21.5 Å². The molecule has 0 heterocycles. The lowest BCUT2D eigenvalue weighted by Crippen LogP contribution is -2.02. The maximum absolute atomic E-state index is 14.9. The summed E-state index contributed by atoms with van der Waals surface area (Å²) in [4.78, 5) is 14.9. The van der Waals surface area contributed by atoms with Gasteiger partial charge in [-0.3, -0.25) is 4.79 Å². The van der Waals surface area contributed by atoms with Crippen molar-refractivity contribution < 1.29 is 0 Å². The van der Waals surface area contributed by atoms with Crippen LogP contribution >= 0.6 is 0 Å². The molecule has 2 aliphatic carbocycles. The SMILES string of the molecule is O=c1c2c3c(c(-c4ccccc4)c4ccc5c(-c6ccccc6)c6c(c1c5c42)Cc1ccccc1-6)-c1ccccc1C3. The third kappa shape index (κ3) is 2.67. The van der Waals surface area contributed by atoms with Crippen LogP contribution in [-0.2, 0) is 12.8 Å². The third-order valence-electron chi connectivity index (χ3n) is 9.84. The first-order valence-electron chi connectivity index (χ1n) is 14.8. The van der Waals surface area contributed by atoms with E-state index >= 15 is 0 Å². The van der Waals surface area contributed by atoms with Crippen LogP contribution in [0, 0.1) is 0 Å². The molecule has 0 aromatic heterocycles. The zero-order chi connectivity index (χ0) is 27.5. The van der Waals surface area contributed by atoms with Crippen LogP contribution in [0.25, 0.3) is 76.8 Å². The van der Waals surface area contributed by atoms with Crippen LogP contribution in [0.1, 0.15) is 22.3 Å². The summed E-state index contributed by atoms with van der Waals surface area (Å²) in [6.07, 6.45) is 1.58. The Morgan fingerprint density at radius 3 is 1.24 bits per heavy atom. The van der Waals surface area contributed by atoms with Crippen molar-refractivity contribution in [3.05, 3.63) is 154 Å². The molecule has 1 heteroatoms. The fraction of sp³-hybridized carbons (Fsp3) is 0.0488. The van der Waals surface area contributed by atoms with Gasteiger partial charge in [-0.2, -0.15) is 0 Å². The Labute approximate surface area is 243 Å². The highest BCUT2D eigenvalue weighted by molar-refractivity contribution is 6.34. The molecule has 0 aliphatic heterocycles. The summed E-state index contributed by atoms with van der Waals surface area (Å²) in [5, 5.41) is 6.52. The van der Waals surface area contributed by atoms with Crippen LogP contribution in [0.2, 0.25) is 0 Å². The number of fused-ring (bicyclic) bond motifs is 8. The summed E-state index contributed by atoms with van der Waals surface area (Å²) in [6.45, 7) is 0. The zero-order valence-electron chi connectivity index (χ0n) is 22.9. The Balaban J connectivity index is 1.47. The second-order valence-electron chi connectivity index (χ2n) is 11.8. The minimum absolute atomic E-state index is 0.207. The molecule has 2 aliphatic rings. The van der Waals surface area contributed by atoms with Gasteiger partial charge in [0.25, 0.3) is 0 Å². The molecule has 194 valence electrons. The lowest BCUT2D eigenvalue weighted by atomic mass is 9.84. The van der Waals surface area contributed by atoms with Crippen molar-refractivity contribution in [3.63, 3.8) is 0 Å². The van der Waals surface area contributed by atoms with Crippen molar-refractivity contribution >= 4 is 32.3 Å². The average Bonchev–Trinajstić information content (AvgIpc) is 3.71. The summed E-state index contributed by atoms with van der Waals surface area (Å²) in [7, 11) is 0. The summed E-state index contributed by atoms with van der Waals surface area (Å²) in [6, 6.07) is 43.5. The molecule has 0 N–H and O–H groups in total. The smallest absolute Gasteiger partial charge is 0.194 e. The highest BCUT2D eigenvalue weighted by Crippen LogP contribution is 2.55. The molecule has 0 atom stereocenters. The predicted octanol–water partition coefficient (Wildman–Crippen LogP) is 9.86. The van der Waals surface area contributed by atoms with E-state index < -0.39 is 0 Å². The third-order valence-corrected chi connectivity index (χ3v) is 9.84. The van der Waals surface area contributed by atoms with Crippen molar-refractivity contribution in [2.24, 2.45) is 0 Å². The molecule has 0 radical (unpaired) electrons. The van der Waals surface area contributed by atoms with E-state index in [1.165, 1.54) is 77.5 Å². The molecule has 0 saturated carbocycles. The van der Waals surface area contributed by atoms with Gasteiger partial charge in [0.05, 0.1) is 0 Å². The van der Waals surface area contributed by atoms with Crippen LogP contribution in [-0.4, -0.2) is 0 Å². The second-order valence-corrected chi connectivity index (χ2v) is 11.8. The number of hydrogen-bond acceptors (Lipinski definition) is 1. The summed E-state index contributed by atoms with van der Waals surface area (Å²) < 4.78 is 0. The highest BCUT2D eigenvalue weighted by atomic mass is 16.1. The maximum atomic E-state index is 14.9. The van der Waals surface area contributed by atoms with Gasteiger partial charge in [0.2, 0.25) is 0 Å². The van der Waals surface area contributed by atoms with Crippen LogP contribution in [0.15, 0.2) is 126 Å².